The molecule has 5 nitrogen and oxygen atoms in total. The third kappa shape index (κ3) is 4.72. The van der Waals surface area contributed by atoms with Crippen LogP contribution in [0.4, 0.5) is 0 Å². The average Bonchev–Trinajstić information content (AvgIpc) is 3.35. The van der Waals surface area contributed by atoms with Crippen LogP contribution in [0.25, 0.3) is 11.3 Å². The van der Waals surface area contributed by atoms with Crippen LogP contribution in [0.2, 0.25) is 10.0 Å². The molecule has 2 atom stereocenters. The lowest BCUT2D eigenvalue weighted by Gasteiger charge is -2.26. The Balaban J connectivity index is 1.69. The monoisotopic (exact) mass is 474 g/mol. The summed E-state index contributed by atoms with van der Waals surface area (Å²) in [6.07, 6.45) is 2.78. The summed E-state index contributed by atoms with van der Waals surface area (Å²) in [6.45, 7) is 1.79. The third-order valence-corrected chi connectivity index (χ3v) is 6.51. The molecule has 4 rings (SSSR count). The van der Waals surface area contributed by atoms with E-state index in [4.69, 9.17) is 39.8 Å². The largest absolute Gasteiger partial charge is 0.459 e. The Morgan fingerprint density at radius 2 is 1.97 bits per heavy atom. The Morgan fingerprint density at radius 3 is 2.71 bits per heavy atom. The fourth-order valence-corrected chi connectivity index (χ4v) is 4.59. The van der Waals surface area contributed by atoms with Gasteiger partial charge in [0.2, 0.25) is 0 Å². The van der Waals surface area contributed by atoms with Crippen molar-refractivity contribution in [2.75, 3.05) is 27.2 Å². The summed E-state index contributed by atoms with van der Waals surface area (Å²) in [4.78, 5) is 8.93. The molecule has 1 fully saturated rings. The Kier molecular flexibility index (Phi) is 6.82. The Labute approximate surface area is 198 Å². The molecule has 1 saturated heterocycles. The Hall–Kier alpha value is -2.12. The lowest BCUT2D eigenvalue weighted by molar-refractivity contribution is 0.261. The first-order chi connectivity index (χ1) is 15.0. The molecule has 3 aromatic rings. The predicted molar refractivity (Wildman–Crippen MR) is 129 cm³/mol. The smallest absolute Gasteiger partial charge is 0.170 e. The molecule has 31 heavy (non-hydrogen) atoms. The van der Waals surface area contributed by atoms with Crippen molar-refractivity contribution in [1.29, 1.82) is 0 Å². The maximum absolute atomic E-state index is 6.42. The second-order valence-electron chi connectivity index (χ2n) is 7.78. The van der Waals surface area contributed by atoms with Crippen LogP contribution in [-0.2, 0) is 0 Å². The number of hydrogen-bond acceptors (Lipinski definition) is 4. The van der Waals surface area contributed by atoms with Crippen molar-refractivity contribution in [3.05, 3.63) is 76.2 Å². The van der Waals surface area contributed by atoms with Gasteiger partial charge in [0.1, 0.15) is 17.6 Å². The van der Waals surface area contributed by atoms with Gasteiger partial charge in [0.15, 0.2) is 5.11 Å². The summed E-state index contributed by atoms with van der Waals surface area (Å²) in [5.41, 5.74) is 1.69. The first-order valence-electron chi connectivity index (χ1n) is 10.1. The maximum Gasteiger partial charge on any atom is 0.170 e. The number of nitrogens with one attached hydrogen (secondary N) is 1. The first kappa shape index (κ1) is 22.1. The van der Waals surface area contributed by atoms with Gasteiger partial charge in [-0.3, -0.25) is 4.98 Å². The highest BCUT2D eigenvalue weighted by Crippen LogP contribution is 2.42. The molecular weight excluding hydrogens is 451 g/mol. The fraction of sp³-hybridized carbons (Fsp3) is 0.304. The van der Waals surface area contributed by atoms with Gasteiger partial charge in [0, 0.05) is 18.3 Å². The van der Waals surface area contributed by atoms with Crippen molar-refractivity contribution in [3.8, 4) is 11.3 Å². The van der Waals surface area contributed by atoms with Gasteiger partial charge in [0.05, 0.1) is 21.8 Å². The topological polar surface area (TPSA) is 44.5 Å². The van der Waals surface area contributed by atoms with Crippen molar-refractivity contribution in [2.45, 2.75) is 18.5 Å². The molecule has 1 aliphatic heterocycles. The Morgan fingerprint density at radius 1 is 1.13 bits per heavy atom. The second-order valence-corrected chi connectivity index (χ2v) is 8.95. The fourth-order valence-electron chi connectivity index (χ4n) is 3.86. The number of rotatable bonds is 7. The number of aromatic nitrogens is 1. The molecule has 0 saturated carbocycles. The summed E-state index contributed by atoms with van der Waals surface area (Å²) in [5.74, 6) is 1.48. The molecule has 1 aromatic carbocycles. The lowest BCUT2D eigenvalue weighted by atomic mass is 10.0. The molecule has 1 aliphatic rings. The van der Waals surface area contributed by atoms with Crippen LogP contribution in [0.3, 0.4) is 0 Å². The number of pyridine rings is 1. The molecule has 2 aromatic heterocycles. The standard InChI is InChI=1S/C23H24Cl2N4OS/c1-28(2)13-6-14-29-22(21(27-23(29)31)17-9-3-4-12-26-17)19-11-10-18(30-19)15-7-5-8-16(24)20(15)25/h3-5,7-12,21-22H,6,13-14H2,1-2H3,(H,27,31)/t21-,22-/m0/s1. The number of hydrogen-bond donors (Lipinski definition) is 1. The van der Waals surface area contributed by atoms with Gasteiger partial charge in [-0.1, -0.05) is 35.3 Å². The van der Waals surface area contributed by atoms with E-state index >= 15 is 0 Å². The minimum absolute atomic E-state index is 0.109. The SMILES string of the molecule is CN(C)CCCN1C(=S)N[C@@H](c2ccccn2)[C@@H]1c1ccc(-c2cccc(Cl)c2Cl)o1. The van der Waals surface area contributed by atoms with E-state index in [1.165, 1.54) is 0 Å². The van der Waals surface area contributed by atoms with Gasteiger partial charge >= 0.3 is 0 Å². The van der Waals surface area contributed by atoms with Crippen LogP contribution in [-0.4, -0.2) is 47.1 Å². The van der Waals surface area contributed by atoms with Gasteiger partial charge in [-0.15, -0.1) is 0 Å². The minimum Gasteiger partial charge on any atom is -0.459 e. The Bertz CT molecular complexity index is 1060. The van der Waals surface area contributed by atoms with Crippen molar-refractivity contribution < 1.29 is 4.42 Å². The highest BCUT2D eigenvalue weighted by atomic mass is 35.5. The molecule has 0 unspecified atom stereocenters. The molecule has 0 amide bonds. The van der Waals surface area contributed by atoms with Crippen LogP contribution >= 0.6 is 35.4 Å². The lowest BCUT2D eigenvalue weighted by Crippen LogP contribution is -2.32. The zero-order valence-electron chi connectivity index (χ0n) is 17.4. The van der Waals surface area contributed by atoms with Gasteiger partial charge in [0.25, 0.3) is 0 Å². The summed E-state index contributed by atoms with van der Waals surface area (Å²) < 4.78 is 6.32. The van der Waals surface area contributed by atoms with Crippen LogP contribution in [0.1, 0.15) is 30.0 Å². The molecule has 162 valence electrons. The summed E-state index contributed by atoms with van der Waals surface area (Å²) in [5, 5.41) is 5.14. The van der Waals surface area contributed by atoms with E-state index < -0.39 is 0 Å². The van der Waals surface area contributed by atoms with Crippen LogP contribution < -0.4 is 5.32 Å². The van der Waals surface area contributed by atoms with E-state index in [2.05, 4.69) is 34.2 Å². The van der Waals surface area contributed by atoms with Crippen molar-refractivity contribution >= 4 is 40.5 Å². The number of benzene rings is 1. The zero-order chi connectivity index (χ0) is 22.0. The predicted octanol–water partition coefficient (Wildman–Crippen LogP) is 5.57. The first-order valence-corrected chi connectivity index (χ1v) is 11.3. The van der Waals surface area contributed by atoms with E-state index in [0.717, 1.165) is 36.5 Å². The third-order valence-electron chi connectivity index (χ3n) is 5.34. The van der Waals surface area contributed by atoms with E-state index in [-0.39, 0.29) is 12.1 Å². The van der Waals surface area contributed by atoms with E-state index in [9.17, 15) is 0 Å². The van der Waals surface area contributed by atoms with Gasteiger partial charge in [-0.25, -0.2) is 0 Å². The van der Waals surface area contributed by atoms with E-state index in [1.807, 2.05) is 42.5 Å². The summed E-state index contributed by atoms with van der Waals surface area (Å²) in [6, 6.07) is 15.1. The van der Waals surface area contributed by atoms with E-state index in [1.54, 1.807) is 12.3 Å². The molecule has 0 bridgehead atoms. The number of thiocarbonyl (C=S) groups is 1. The quantitative estimate of drug-likeness (QED) is 0.451. The van der Waals surface area contributed by atoms with Crippen LogP contribution in [0.5, 0.6) is 0 Å². The highest BCUT2D eigenvalue weighted by molar-refractivity contribution is 7.80. The van der Waals surface area contributed by atoms with Crippen LogP contribution in [0.15, 0.2) is 59.1 Å². The number of furan rings is 1. The maximum atomic E-state index is 6.42. The summed E-state index contributed by atoms with van der Waals surface area (Å²) in [7, 11) is 4.14. The van der Waals surface area contributed by atoms with Crippen molar-refractivity contribution in [2.24, 2.45) is 0 Å². The second kappa shape index (κ2) is 9.57. The zero-order valence-corrected chi connectivity index (χ0v) is 19.7. The van der Waals surface area contributed by atoms with Gasteiger partial charge in [-0.05, 0) is 75.7 Å². The van der Waals surface area contributed by atoms with Crippen molar-refractivity contribution in [3.63, 3.8) is 0 Å². The van der Waals surface area contributed by atoms with Gasteiger partial charge < -0.3 is 19.5 Å². The number of halogens is 2. The van der Waals surface area contributed by atoms with Crippen molar-refractivity contribution in [1.82, 2.24) is 20.1 Å². The van der Waals surface area contributed by atoms with Gasteiger partial charge in [-0.2, -0.15) is 0 Å². The molecule has 0 radical (unpaired) electrons. The average molecular weight is 475 g/mol. The molecule has 0 aliphatic carbocycles. The minimum atomic E-state index is -0.115. The molecule has 8 heteroatoms. The molecular formula is C23H24Cl2N4OS. The molecule has 1 N–H and O–H groups in total. The van der Waals surface area contributed by atoms with Crippen LogP contribution in [0, 0.1) is 0 Å². The number of nitrogens with zero attached hydrogens (tertiary/aromatic N) is 3. The summed E-state index contributed by atoms with van der Waals surface area (Å²) >= 11 is 18.3. The van der Waals surface area contributed by atoms with E-state index in [0.29, 0.717) is 20.9 Å². The molecule has 3 heterocycles. The highest BCUT2D eigenvalue weighted by Gasteiger charge is 2.41. The molecule has 0 spiro atoms. The normalized spacial score (nSPS) is 18.6.